The van der Waals surface area contributed by atoms with Gasteiger partial charge in [0.1, 0.15) is 17.0 Å². The molecule has 6 aromatic rings. The Balaban J connectivity index is 1.09. The van der Waals surface area contributed by atoms with Gasteiger partial charge in [0.25, 0.3) is 11.8 Å². The number of thioether (sulfide) groups is 1. The maximum Gasteiger partial charge on any atom is 0.272 e. The van der Waals surface area contributed by atoms with Crippen molar-refractivity contribution in [3.8, 4) is 28.7 Å². The fourth-order valence-corrected chi connectivity index (χ4v) is 5.83. The molecule has 1 aromatic heterocycles. The van der Waals surface area contributed by atoms with E-state index in [0.29, 0.717) is 51.2 Å². The van der Waals surface area contributed by atoms with Crippen LogP contribution < -0.4 is 30.2 Å². The third-order valence-corrected chi connectivity index (χ3v) is 8.77. The van der Waals surface area contributed by atoms with Crippen molar-refractivity contribution in [3.63, 3.8) is 0 Å². The van der Waals surface area contributed by atoms with Gasteiger partial charge in [-0.25, -0.2) is 4.98 Å². The van der Waals surface area contributed by atoms with Crippen LogP contribution in [-0.4, -0.2) is 49.8 Å². The summed E-state index contributed by atoms with van der Waals surface area (Å²) in [6.07, 6.45) is 1.50. The predicted octanol–water partition coefficient (Wildman–Crippen LogP) is 7.66. The van der Waals surface area contributed by atoms with Crippen LogP contribution in [0.2, 0.25) is 0 Å². The summed E-state index contributed by atoms with van der Waals surface area (Å²) in [6, 6.07) is 33.7. The molecule has 0 fully saturated rings. The number of para-hydroxylation sites is 2. The van der Waals surface area contributed by atoms with Crippen LogP contribution in [0.25, 0.3) is 28.6 Å². The molecule has 52 heavy (non-hydrogen) atoms. The molecule has 0 aliphatic carbocycles. The van der Waals surface area contributed by atoms with E-state index in [4.69, 9.17) is 18.6 Å². The highest BCUT2D eigenvalue weighted by Crippen LogP contribution is 2.36. The predicted molar refractivity (Wildman–Crippen MR) is 202 cm³/mol. The maximum atomic E-state index is 13.6. The van der Waals surface area contributed by atoms with Gasteiger partial charge in [-0.15, -0.1) is 11.8 Å². The number of anilines is 2. The molecule has 5 aromatic carbocycles. The van der Waals surface area contributed by atoms with E-state index < -0.39 is 11.8 Å². The molecule has 6 rings (SSSR count). The maximum absolute atomic E-state index is 13.6. The summed E-state index contributed by atoms with van der Waals surface area (Å²) in [6.45, 7) is 0. The summed E-state index contributed by atoms with van der Waals surface area (Å²) in [5.41, 5.74) is 4.25. The van der Waals surface area contributed by atoms with Crippen molar-refractivity contribution in [1.82, 2.24) is 10.3 Å². The number of carbonyl (C=O) groups excluding carboxylic acids is 3. The molecule has 0 bridgehead atoms. The minimum atomic E-state index is -0.567. The smallest absolute Gasteiger partial charge is 0.272 e. The average molecular weight is 715 g/mol. The lowest BCUT2D eigenvalue weighted by Crippen LogP contribution is -2.30. The van der Waals surface area contributed by atoms with Crippen LogP contribution >= 0.6 is 11.8 Å². The molecular formula is C40H34N4O7S. The Morgan fingerprint density at radius 2 is 1.37 bits per heavy atom. The molecule has 1 heterocycles. The normalized spacial score (nSPS) is 11.1. The largest absolute Gasteiger partial charge is 0.496 e. The summed E-state index contributed by atoms with van der Waals surface area (Å²) in [5.74, 6) is 0.734. The van der Waals surface area contributed by atoms with Crippen molar-refractivity contribution in [2.45, 2.75) is 4.90 Å². The first-order valence-electron chi connectivity index (χ1n) is 16.0. The number of rotatable bonds is 13. The molecule has 3 N–H and O–H groups in total. The minimum Gasteiger partial charge on any atom is -0.496 e. The number of ether oxygens (including phenoxy) is 3. The van der Waals surface area contributed by atoms with Gasteiger partial charge in [-0.05, 0) is 84.9 Å². The van der Waals surface area contributed by atoms with Gasteiger partial charge in [-0.2, -0.15) is 0 Å². The molecule has 0 unspecified atom stereocenters. The van der Waals surface area contributed by atoms with E-state index in [0.717, 1.165) is 16.0 Å². The summed E-state index contributed by atoms with van der Waals surface area (Å²) >= 11 is 1.35. The van der Waals surface area contributed by atoms with Crippen molar-refractivity contribution < 1.29 is 33.0 Å². The molecule has 3 amide bonds. The SMILES string of the molecule is COc1cc(OC)c(OC)cc1/C=C(\NC(=O)c1ccccc1)C(=O)Nc1ccc(SCC(=O)Nc2ccc(-c3nc4ccccc4o3)cc2)cc1. The number of oxazole rings is 1. The molecule has 0 spiro atoms. The summed E-state index contributed by atoms with van der Waals surface area (Å²) in [5, 5.41) is 8.47. The molecule has 12 heteroatoms. The van der Waals surface area contributed by atoms with Gasteiger partial charge in [0, 0.05) is 39.0 Å². The fourth-order valence-electron chi connectivity index (χ4n) is 5.13. The Kier molecular flexibility index (Phi) is 11.2. The first-order chi connectivity index (χ1) is 25.3. The zero-order valence-electron chi connectivity index (χ0n) is 28.5. The number of nitrogens with zero attached hydrogens (tertiary/aromatic N) is 1. The average Bonchev–Trinajstić information content (AvgIpc) is 3.62. The lowest BCUT2D eigenvalue weighted by molar-refractivity contribution is -0.114. The van der Waals surface area contributed by atoms with Crippen molar-refractivity contribution in [2.24, 2.45) is 0 Å². The van der Waals surface area contributed by atoms with Crippen LogP contribution in [0.5, 0.6) is 17.2 Å². The first kappa shape index (κ1) is 35.3. The molecule has 0 aliphatic heterocycles. The Morgan fingerprint density at radius 1 is 0.731 bits per heavy atom. The number of nitrogens with one attached hydrogen (secondary N) is 3. The van der Waals surface area contributed by atoms with Crippen molar-refractivity contribution in [2.75, 3.05) is 37.7 Å². The third kappa shape index (κ3) is 8.60. The van der Waals surface area contributed by atoms with Gasteiger partial charge in [0.2, 0.25) is 11.8 Å². The second kappa shape index (κ2) is 16.5. The lowest BCUT2D eigenvalue weighted by atomic mass is 10.1. The topological polar surface area (TPSA) is 141 Å². The number of fused-ring (bicyclic) bond motifs is 1. The number of methoxy groups -OCH3 is 3. The minimum absolute atomic E-state index is 0.0311. The van der Waals surface area contributed by atoms with Crippen LogP contribution in [0.3, 0.4) is 0 Å². The van der Waals surface area contributed by atoms with Crippen LogP contribution in [0.4, 0.5) is 11.4 Å². The molecule has 0 saturated carbocycles. The van der Waals surface area contributed by atoms with E-state index in [1.165, 1.54) is 39.2 Å². The number of aromatic nitrogens is 1. The molecule has 0 saturated heterocycles. The Morgan fingerprint density at radius 3 is 2.06 bits per heavy atom. The van der Waals surface area contributed by atoms with Crippen molar-refractivity contribution in [1.29, 1.82) is 0 Å². The molecule has 0 radical (unpaired) electrons. The van der Waals surface area contributed by atoms with E-state index in [9.17, 15) is 14.4 Å². The number of benzene rings is 5. The first-order valence-corrected chi connectivity index (χ1v) is 17.0. The number of hydrogen-bond donors (Lipinski definition) is 3. The highest BCUT2D eigenvalue weighted by Gasteiger charge is 2.18. The number of amides is 3. The Bertz CT molecular complexity index is 2200. The van der Waals surface area contributed by atoms with E-state index in [2.05, 4.69) is 20.9 Å². The van der Waals surface area contributed by atoms with E-state index in [1.54, 1.807) is 78.9 Å². The molecular weight excluding hydrogens is 681 g/mol. The molecule has 0 aliphatic rings. The zero-order valence-corrected chi connectivity index (χ0v) is 29.3. The second-order valence-electron chi connectivity index (χ2n) is 11.2. The number of carbonyl (C=O) groups is 3. The lowest BCUT2D eigenvalue weighted by Gasteiger charge is -2.15. The molecule has 0 atom stereocenters. The van der Waals surface area contributed by atoms with Gasteiger partial charge >= 0.3 is 0 Å². The highest BCUT2D eigenvalue weighted by molar-refractivity contribution is 8.00. The van der Waals surface area contributed by atoms with Crippen LogP contribution in [0.15, 0.2) is 130 Å². The number of hydrogen-bond acceptors (Lipinski definition) is 9. The summed E-state index contributed by atoms with van der Waals surface area (Å²) in [4.78, 5) is 44.8. The van der Waals surface area contributed by atoms with E-state index in [-0.39, 0.29) is 17.4 Å². The fraction of sp³-hybridized carbons (Fsp3) is 0.100. The van der Waals surface area contributed by atoms with Gasteiger partial charge in [0.05, 0.1) is 27.1 Å². The van der Waals surface area contributed by atoms with Crippen LogP contribution in [0, 0.1) is 0 Å². The zero-order chi connectivity index (χ0) is 36.5. The van der Waals surface area contributed by atoms with Crippen LogP contribution in [-0.2, 0) is 9.59 Å². The van der Waals surface area contributed by atoms with Gasteiger partial charge in [0.15, 0.2) is 17.1 Å². The monoisotopic (exact) mass is 714 g/mol. The van der Waals surface area contributed by atoms with E-state index in [1.807, 2.05) is 36.4 Å². The third-order valence-electron chi connectivity index (χ3n) is 7.76. The standard InChI is InChI=1S/C40H34N4O7S/c1-48-34-23-36(50-3)35(49-2)22-27(34)21-32(43-38(46)25-9-5-4-6-10-25)39(47)42-29-17-19-30(20-18-29)52-24-37(45)41-28-15-13-26(14-16-28)40-44-31-11-7-8-12-33(31)51-40/h4-23H,24H2,1-3H3,(H,41,45)(H,42,47)(H,43,46)/b32-21-. The van der Waals surface area contributed by atoms with Gasteiger partial charge in [-0.1, -0.05) is 30.3 Å². The quantitative estimate of drug-likeness (QED) is 0.0812. The van der Waals surface area contributed by atoms with Crippen molar-refractivity contribution >= 4 is 58.0 Å². The summed E-state index contributed by atoms with van der Waals surface area (Å²) < 4.78 is 22.2. The Hall–Kier alpha value is -6.53. The van der Waals surface area contributed by atoms with Crippen LogP contribution in [0.1, 0.15) is 15.9 Å². The van der Waals surface area contributed by atoms with Gasteiger partial charge < -0.3 is 34.6 Å². The van der Waals surface area contributed by atoms with Gasteiger partial charge in [-0.3, -0.25) is 14.4 Å². The summed E-state index contributed by atoms with van der Waals surface area (Å²) in [7, 11) is 4.49. The second-order valence-corrected chi connectivity index (χ2v) is 12.3. The van der Waals surface area contributed by atoms with Crippen molar-refractivity contribution in [3.05, 3.63) is 132 Å². The van der Waals surface area contributed by atoms with E-state index >= 15 is 0 Å². The Labute approximate surface area is 304 Å². The highest BCUT2D eigenvalue weighted by atomic mass is 32.2. The molecule has 11 nitrogen and oxygen atoms in total. The molecule has 262 valence electrons.